The zero-order chi connectivity index (χ0) is 23.9. The van der Waals surface area contributed by atoms with Gasteiger partial charge in [-0.15, -0.1) is 10.2 Å². The van der Waals surface area contributed by atoms with E-state index in [9.17, 15) is 14.7 Å². The number of anilines is 1. The fraction of sp³-hybridized carbons (Fsp3) is 0.120. The first-order valence-electron chi connectivity index (χ1n) is 10.4. The standard InChI is InChI=1S/C25H22N4O4S/c1-33-24(32)20-9-5-6-10-21(20)26-22(31)16-34-25-28-27-23(18-11-13-19(30)14-12-18)29(25)15-17-7-3-2-4-8-17/h2-14,30H,15-16H2,1H3,(H,26,31). The Morgan fingerprint density at radius 1 is 0.971 bits per heavy atom. The van der Waals surface area contributed by atoms with Crippen LogP contribution in [0.15, 0.2) is 84.0 Å². The maximum atomic E-state index is 12.7. The van der Waals surface area contributed by atoms with Gasteiger partial charge in [-0.2, -0.15) is 0 Å². The van der Waals surface area contributed by atoms with Crippen LogP contribution in [0.1, 0.15) is 15.9 Å². The van der Waals surface area contributed by atoms with Gasteiger partial charge in [-0.1, -0.05) is 54.2 Å². The van der Waals surface area contributed by atoms with Gasteiger partial charge in [-0.3, -0.25) is 9.36 Å². The molecule has 3 aromatic carbocycles. The third-order valence-electron chi connectivity index (χ3n) is 4.96. The molecule has 172 valence electrons. The largest absolute Gasteiger partial charge is 0.508 e. The second kappa shape index (κ2) is 10.7. The van der Waals surface area contributed by atoms with Crippen LogP contribution in [0.25, 0.3) is 11.4 Å². The minimum Gasteiger partial charge on any atom is -0.508 e. The molecule has 4 aromatic rings. The van der Waals surface area contributed by atoms with Crippen molar-refractivity contribution in [1.82, 2.24) is 14.8 Å². The summed E-state index contributed by atoms with van der Waals surface area (Å²) in [7, 11) is 1.29. The van der Waals surface area contributed by atoms with E-state index in [4.69, 9.17) is 4.74 Å². The fourth-order valence-electron chi connectivity index (χ4n) is 3.32. The molecule has 0 spiro atoms. The minimum absolute atomic E-state index is 0.0675. The van der Waals surface area contributed by atoms with Gasteiger partial charge in [-0.25, -0.2) is 4.79 Å². The lowest BCUT2D eigenvalue weighted by atomic mass is 10.2. The summed E-state index contributed by atoms with van der Waals surface area (Å²) < 4.78 is 6.71. The number of para-hydroxylation sites is 1. The van der Waals surface area contributed by atoms with E-state index in [2.05, 4.69) is 15.5 Å². The van der Waals surface area contributed by atoms with Crippen molar-refractivity contribution in [3.63, 3.8) is 0 Å². The van der Waals surface area contributed by atoms with E-state index < -0.39 is 5.97 Å². The lowest BCUT2D eigenvalue weighted by molar-refractivity contribution is -0.113. The number of esters is 1. The molecule has 0 atom stereocenters. The predicted octanol–water partition coefficient (Wildman–Crippen LogP) is 4.22. The van der Waals surface area contributed by atoms with E-state index in [-0.39, 0.29) is 23.0 Å². The number of benzene rings is 3. The number of phenolic OH excluding ortho intramolecular Hbond substituents is 1. The molecule has 8 nitrogen and oxygen atoms in total. The monoisotopic (exact) mass is 474 g/mol. The van der Waals surface area contributed by atoms with E-state index in [1.165, 1.54) is 18.9 Å². The van der Waals surface area contributed by atoms with Crippen LogP contribution in [0.2, 0.25) is 0 Å². The highest BCUT2D eigenvalue weighted by atomic mass is 32.2. The third-order valence-corrected chi connectivity index (χ3v) is 5.93. The normalized spacial score (nSPS) is 10.6. The van der Waals surface area contributed by atoms with E-state index >= 15 is 0 Å². The molecule has 0 saturated carbocycles. The third kappa shape index (κ3) is 5.44. The fourth-order valence-corrected chi connectivity index (χ4v) is 4.06. The summed E-state index contributed by atoms with van der Waals surface area (Å²) in [6.45, 7) is 0.513. The highest BCUT2D eigenvalue weighted by molar-refractivity contribution is 7.99. The van der Waals surface area contributed by atoms with Crippen LogP contribution in [-0.2, 0) is 16.1 Å². The van der Waals surface area contributed by atoms with Crippen molar-refractivity contribution in [1.29, 1.82) is 0 Å². The van der Waals surface area contributed by atoms with Crippen molar-refractivity contribution in [2.75, 3.05) is 18.2 Å². The first kappa shape index (κ1) is 23.1. The van der Waals surface area contributed by atoms with Crippen LogP contribution in [0, 0.1) is 0 Å². The number of ether oxygens (including phenoxy) is 1. The summed E-state index contributed by atoms with van der Waals surface area (Å²) in [5.74, 6) is 0.0449. The Morgan fingerprint density at radius 3 is 2.41 bits per heavy atom. The van der Waals surface area contributed by atoms with E-state index in [0.717, 1.165) is 11.1 Å². The summed E-state index contributed by atoms with van der Waals surface area (Å²) in [6.07, 6.45) is 0. The number of amides is 1. The van der Waals surface area contributed by atoms with Crippen molar-refractivity contribution >= 4 is 29.3 Å². The van der Waals surface area contributed by atoms with Crippen molar-refractivity contribution < 1.29 is 19.4 Å². The second-order valence-electron chi connectivity index (χ2n) is 7.30. The van der Waals surface area contributed by atoms with Gasteiger partial charge in [0.15, 0.2) is 11.0 Å². The molecule has 0 radical (unpaired) electrons. The predicted molar refractivity (Wildman–Crippen MR) is 130 cm³/mol. The molecule has 0 unspecified atom stereocenters. The van der Waals surface area contributed by atoms with Gasteiger partial charge in [-0.05, 0) is 42.0 Å². The molecule has 0 saturated heterocycles. The van der Waals surface area contributed by atoms with Crippen molar-refractivity contribution in [3.05, 3.63) is 90.0 Å². The molecule has 1 amide bonds. The zero-order valence-electron chi connectivity index (χ0n) is 18.3. The lowest BCUT2D eigenvalue weighted by Gasteiger charge is -2.11. The number of hydrogen-bond acceptors (Lipinski definition) is 7. The van der Waals surface area contributed by atoms with Gasteiger partial charge >= 0.3 is 5.97 Å². The summed E-state index contributed by atoms with van der Waals surface area (Å²) in [4.78, 5) is 24.6. The second-order valence-corrected chi connectivity index (χ2v) is 8.24. The number of hydrogen-bond donors (Lipinski definition) is 2. The Balaban J connectivity index is 1.54. The van der Waals surface area contributed by atoms with Crippen molar-refractivity contribution in [2.24, 2.45) is 0 Å². The average molecular weight is 475 g/mol. The molecule has 34 heavy (non-hydrogen) atoms. The molecule has 0 aliphatic carbocycles. The Morgan fingerprint density at radius 2 is 1.68 bits per heavy atom. The van der Waals surface area contributed by atoms with Crippen molar-refractivity contribution in [3.8, 4) is 17.1 Å². The molecular weight excluding hydrogens is 452 g/mol. The summed E-state index contributed by atoms with van der Waals surface area (Å²) in [5.41, 5.74) is 2.52. The van der Waals surface area contributed by atoms with Crippen LogP contribution < -0.4 is 5.32 Å². The number of nitrogens with one attached hydrogen (secondary N) is 1. The number of nitrogens with zero attached hydrogens (tertiary/aromatic N) is 3. The molecule has 4 rings (SSSR count). The Kier molecular flexibility index (Phi) is 7.24. The molecule has 0 aliphatic rings. The number of aromatic hydroxyl groups is 1. The molecule has 2 N–H and O–H groups in total. The van der Waals surface area contributed by atoms with Gasteiger partial charge in [0.05, 0.1) is 30.7 Å². The van der Waals surface area contributed by atoms with Gasteiger partial charge in [0.2, 0.25) is 5.91 Å². The molecular formula is C25H22N4O4S. The molecule has 1 heterocycles. The SMILES string of the molecule is COC(=O)c1ccccc1NC(=O)CSc1nnc(-c2ccc(O)cc2)n1Cc1ccccc1. The van der Waals surface area contributed by atoms with Crippen LogP contribution in [-0.4, -0.2) is 44.6 Å². The highest BCUT2D eigenvalue weighted by Gasteiger charge is 2.18. The number of aromatic nitrogens is 3. The van der Waals surface area contributed by atoms with E-state index in [1.807, 2.05) is 34.9 Å². The smallest absolute Gasteiger partial charge is 0.339 e. The Labute approximate surface area is 200 Å². The number of methoxy groups -OCH3 is 1. The highest BCUT2D eigenvalue weighted by Crippen LogP contribution is 2.27. The van der Waals surface area contributed by atoms with Crippen LogP contribution in [0.4, 0.5) is 5.69 Å². The maximum absolute atomic E-state index is 12.7. The summed E-state index contributed by atoms with van der Waals surface area (Å²) >= 11 is 1.24. The number of carbonyl (C=O) groups excluding carboxylic acids is 2. The molecule has 9 heteroatoms. The van der Waals surface area contributed by atoms with Crippen LogP contribution in [0.5, 0.6) is 5.75 Å². The number of carbonyl (C=O) groups is 2. The topological polar surface area (TPSA) is 106 Å². The van der Waals surface area contributed by atoms with Crippen LogP contribution in [0.3, 0.4) is 0 Å². The quantitative estimate of drug-likeness (QED) is 0.291. The van der Waals surface area contributed by atoms with E-state index in [0.29, 0.717) is 23.2 Å². The van der Waals surface area contributed by atoms with Crippen LogP contribution >= 0.6 is 11.8 Å². The average Bonchev–Trinajstić information content (AvgIpc) is 3.26. The molecule has 0 bridgehead atoms. The molecule has 0 fully saturated rings. The summed E-state index contributed by atoms with van der Waals surface area (Å²) in [5, 5.41) is 21.6. The zero-order valence-corrected chi connectivity index (χ0v) is 19.2. The minimum atomic E-state index is -0.523. The number of phenols is 1. The lowest BCUT2D eigenvalue weighted by Crippen LogP contribution is -2.17. The molecule has 0 aliphatic heterocycles. The van der Waals surface area contributed by atoms with Gasteiger partial charge in [0, 0.05) is 5.56 Å². The Hall–Kier alpha value is -4.11. The molecule has 1 aromatic heterocycles. The van der Waals surface area contributed by atoms with Gasteiger partial charge in [0.25, 0.3) is 0 Å². The number of thioether (sulfide) groups is 1. The first-order chi connectivity index (χ1) is 16.5. The first-order valence-corrected chi connectivity index (χ1v) is 11.4. The summed E-state index contributed by atoms with van der Waals surface area (Å²) in [6, 6.07) is 23.3. The van der Waals surface area contributed by atoms with Gasteiger partial charge in [0.1, 0.15) is 5.75 Å². The number of rotatable bonds is 8. The Bertz CT molecular complexity index is 1290. The van der Waals surface area contributed by atoms with Gasteiger partial charge < -0.3 is 15.2 Å². The maximum Gasteiger partial charge on any atom is 0.339 e. The van der Waals surface area contributed by atoms with Crippen molar-refractivity contribution in [2.45, 2.75) is 11.7 Å². The van der Waals surface area contributed by atoms with E-state index in [1.54, 1.807) is 48.5 Å².